The summed E-state index contributed by atoms with van der Waals surface area (Å²) in [6, 6.07) is 1.19. The maximum atomic E-state index is 5.68. The molecule has 0 aromatic heterocycles. The Morgan fingerprint density at radius 3 is 2.50 bits per heavy atom. The molecule has 0 saturated carbocycles. The molecule has 3 atom stereocenters. The summed E-state index contributed by atoms with van der Waals surface area (Å²) in [6.07, 6.45) is 2.43. The van der Waals surface area contributed by atoms with Crippen molar-refractivity contribution in [2.75, 3.05) is 26.7 Å². The van der Waals surface area contributed by atoms with Crippen LogP contribution in [0.2, 0.25) is 0 Å². The molecule has 1 aliphatic heterocycles. The van der Waals surface area contributed by atoms with Crippen LogP contribution < -0.4 is 5.32 Å². The van der Waals surface area contributed by atoms with Crippen LogP contribution in [0, 0.1) is 5.92 Å². The van der Waals surface area contributed by atoms with Crippen LogP contribution in [0.4, 0.5) is 0 Å². The van der Waals surface area contributed by atoms with Crippen LogP contribution in [0.15, 0.2) is 0 Å². The van der Waals surface area contributed by atoms with Gasteiger partial charge in [0.2, 0.25) is 0 Å². The van der Waals surface area contributed by atoms with E-state index in [0.717, 1.165) is 13.1 Å². The molecule has 1 fully saturated rings. The first-order chi connectivity index (χ1) is 8.38. The molecule has 1 saturated heterocycles. The van der Waals surface area contributed by atoms with Crippen LogP contribution in [0.5, 0.6) is 0 Å². The molecule has 1 heterocycles. The van der Waals surface area contributed by atoms with E-state index < -0.39 is 0 Å². The fourth-order valence-electron chi connectivity index (χ4n) is 2.71. The molecule has 3 unspecified atom stereocenters. The lowest BCUT2D eigenvalue weighted by molar-refractivity contribution is -0.0644. The normalized spacial score (nSPS) is 29.5. The molecule has 0 aliphatic carbocycles. The van der Waals surface area contributed by atoms with Gasteiger partial charge >= 0.3 is 0 Å². The van der Waals surface area contributed by atoms with E-state index >= 15 is 0 Å². The van der Waals surface area contributed by atoms with Gasteiger partial charge in [0, 0.05) is 25.7 Å². The first-order valence-corrected chi connectivity index (χ1v) is 7.40. The Morgan fingerprint density at radius 2 is 1.94 bits per heavy atom. The van der Waals surface area contributed by atoms with E-state index in [-0.39, 0.29) is 5.60 Å². The van der Waals surface area contributed by atoms with E-state index in [0.29, 0.717) is 18.0 Å². The van der Waals surface area contributed by atoms with Crippen molar-refractivity contribution in [3.05, 3.63) is 0 Å². The van der Waals surface area contributed by atoms with E-state index in [1.165, 1.54) is 19.4 Å². The predicted octanol–water partition coefficient (Wildman–Crippen LogP) is 2.51. The fraction of sp³-hybridized carbons (Fsp3) is 1.00. The third-order valence-electron chi connectivity index (χ3n) is 4.43. The number of hydrogen-bond acceptors (Lipinski definition) is 3. The van der Waals surface area contributed by atoms with E-state index in [4.69, 9.17) is 4.74 Å². The Hall–Kier alpha value is -0.120. The highest BCUT2D eigenvalue weighted by molar-refractivity contribution is 4.88. The second-order valence-corrected chi connectivity index (χ2v) is 6.51. The number of nitrogens with one attached hydrogen (secondary N) is 1. The molecule has 1 aliphatic rings. The fourth-order valence-corrected chi connectivity index (χ4v) is 2.71. The van der Waals surface area contributed by atoms with E-state index in [9.17, 15) is 0 Å². The summed E-state index contributed by atoms with van der Waals surface area (Å²) in [5.41, 5.74) is 0.0533. The number of piperidine rings is 1. The van der Waals surface area contributed by atoms with Crippen molar-refractivity contribution in [1.29, 1.82) is 0 Å². The molecule has 0 amide bonds. The molecule has 1 rings (SSSR count). The number of rotatable bonds is 6. The molecule has 3 heteroatoms. The lowest BCUT2D eigenvalue weighted by Gasteiger charge is -2.44. The van der Waals surface area contributed by atoms with Crippen molar-refractivity contribution in [2.45, 2.75) is 65.1 Å². The summed E-state index contributed by atoms with van der Waals surface area (Å²) in [5.74, 6) is 0.673. The standard InChI is InChI=1S/C15H32N2O/c1-12(2)16-10-13(3)14(4)17-9-7-8-15(5,11-17)18-6/h12-14,16H,7-11H2,1-6H3. The smallest absolute Gasteiger partial charge is 0.0777 e. The molecular weight excluding hydrogens is 224 g/mol. The van der Waals surface area contributed by atoms with Gasteiger partial charge in [-0.2, -0.15) is 0 Å². The van der Waals surface area contributed by atoms with Gasteiger partial charge in [-0.3, -0.25) is 4.90 Å². The third-order valence-corrected chi connectivity index (χ3v) is 4.43. The summed E-state index contributed by atoms with van der Waals surface area (Å²) in [7, 11) is 1.85. The minimum atomic E-state index is 0.0533. The maximum absolute atomic E-state index is 5.68. The van der Waals surface area contributed by atoms with Crippen LogP contribution in [-0.2, 0) is 4.74 Å². The highest BCUT2D eigenvalue weighted by atomic mass is 16.5. The molecule has 0 bridgehead atoms. The Labute approximate surface area is 113 Å². The highest BCUT2D eigenvalue weighted by Crippen LogP contribution is 2.26. The lowest BCUT2D eigenvalue weighted by atomic mass is 9.91. The van der Waals surface area contributed by atoms with Crippen LogP contribution in [0.3, 0.4) is 0 Å². The molecule has 108 valence electrons. The molecule has 18 heavy (non-hydrogen) atoms. The Kier molecular flexibility index (Phi) is 6.09. The Balaban J connectivity index is 2.47. The van der Waals surface area contributed by atoms with Crippen molar-refractivity contribution in [3.8, 4) is 0 Å². The number of nitrogens with zero attached hydrogens (tertiary/aromatic N) is 1. The number of methoxy groups -OCH3 is 1. The highest BCUT2D eigenvalue weighted by Gasteiger charge is 2.33. The third kappa shape index (κ3) is 4.52. The predicted molar refractivity (Wildman–Crippen MR) is 78.0 cm³/mol. The van der Waals surface area contributed by atoms with Crippen LogP contribution >= 0.6 is 0 Å². The number of likely N-dealkylation sites (tertiary alicyclic amines) is 1. The number of hydrogen-bond donors (Lipinski definition) is 1. The Morgan fingerprint density at radius 1 is 1.28 bits per heavy atom. The van der Waals surface area contributed by atoms with Gasteiger partial charge in [0.1, 0.15) is 0 Å². The van der Waals surface area contributed by atoms with Gasteiger partial charge in [-0.15, -0.1) is 0 Å². The van der Waals surface area contributed by atoms with Crippen molar-refractivity contribution in [1.82, 2.24) is 10.2 Å². The van der Waals surface area contributed by atoms with E-state index in [1.54, 1.807) is 0 Å². The van der Waals surface area contributed by atoms with Gasteiger partial charge in [0.25, 0.3) is 0 Å². The zero-order valence-corrected chi connectivity index (χ0v) is 13.1. The SMILES string of the molecule is COC1(C)CCCN(C(C)C(C)CNC(C)C)C1. The summed E-state index contributed by atoms with van der Waals surface area (Å²) >= 11 is 0. The van der Waals surface area contributed by atoms with Crippen molar-refractivity contribution in [2.24, 2.45) is 5.92 Å². The minimum absolute atomic E-state index is 0.0533. The van der Waals surface area contributed by atoms with Crippen LogP contribution in [0.25, 0.3) is 0 Å². The second kappa shape index (κ2) is 6.88. The summed E-state index contributed by atoms with van der Waals surface area (Å²) in [5, 5.41) is 3.54. The maximum Gasteiger partial charge on any atom is 0.0777 e. The van der Waals surface area contributed by atoms with E-state index in [2.05, 4.69) is 44.8 Å². The lowest BCUT2D eigenvalue weighted by Crippen LogP contribution is -2.53. The van der Waals surface area contributed by atoms with Crippen LogP contribution in [0.1, 0.15) is 47.5 Å². The summed E-state index contributed by atoms with van der Waals surface area (Å²) < 4.78 is 5.68. The van der Waals surface area contributed by atoms with Gasteiger partial charge in [-0.1, -0.05) is 20.8 Å². The molecule has 0 aromatic rings. The van der Waals surface area contributed by atoms with Gasteiger partial charge in [-0.25, -0.2) is 0 Å². The van der Waals surface area contributed by atoms with E-state index in [1.807, 2.05) is 7.11 Å². The molecule has 3 nitrogen and oxygen atoms in total. The molecule has 1 N–H and O–H groups in total. The average Bonchev–Trinajstić information content (AvgIpc) is 2.35. The number of ether oxygens (including phenoxy) is 1. The minimum Gasteiger partial charge on any atom is -0.377 e. The second-order valence-electron chi connectivity index (χ2n) is 6.51. The molecule has 0 radical (unpaired) electrons. The average molecular weight is 256 g/mol. The Bertz CT molecular complexity index is 245. The largest absolute Gasteiger partial charge is 0.377 e. The van der Waals surface area contributed by atoms with Gasteiger partial charge < -0.3 is 10.1 Å². The zero-order valence-electron chi connectivity index (χ0n) is 13.1. The summed E-state index contributed by atoms with van der Waals surface area (Å²) in [4.78, 5) is 2.60. The monoisotopic (exact) mass is 256 g/mol. The molecule has 0 aromatic carbocycles. The zero-order chi connectivity index (χ0) is 13.8. The molecule has 0 spiro atoms. The molecular formula is C15H32N2O. The van der Waals surface area contributed by atoms with Gasteiger partial charge in [-0.05, 0) is 45.7 Å². The van der Waals surface area contributed by atoms with Crippen molar-refractivity contribution >= 4 is 0 Å². The van der Waals surface area contributed by atoms with Gasteiger partial charge in [0.05, 0.1) is 5.60 Å². The first-order valence-electron chi connectivity index (χ1n) is 7.40. The van der Waals surface area contributed by atoms with Crippen molar-refractivity contribution in [3.63, 3.8) is 0 Å². The van der Waals surface area contributed by atoms with Crippen molar-refractivity contribution < 1.29 is 4.74 Å². The quantitative estimate of drug-likeness (QED) is 0.790. The topological polar surface area (TPSA) is 24.5 Å². The first kappa shape index (κ1) is 15.9. The van der Waals surface area contributed by atoms with Gasteiger partial charge in [0.15, 0.2) is 0 Å². The van der Waals surface area contributed by atoms with Crippen LogP contribution in [-0.4, -0.2) is 49.3 Å². The summed E-state index contributed by atoms with van der Waals surface area (Å²) in [6.45, 7) is 14.7.